The topological polar surface area (TPSA) is 80.0 Å². The Morgan fingerprint density at radius 3 is 2.40 bits per heavy atom. The molecule has 2 heterocycles. The summed E-state index contributed by atoms with van der Waals surface area (Å²) in [5, 5.41) is 6.00. The second-order valence-corrected chi connectivity index (χ2v) is 7.06. The monoisotopic (exact) mass is 398 g/mol. The molecule has 4 aromatic rings. The van der Waals surface area contributed by atoms with Crippen molar-refractivity contribution in [3.63, 3.8) is 0 Å². The fourth-order valence-corrected chi connectivity index (χ4v) is 3.00. The molecule has 0 atom stereocenters. The van der Waals surface area contributed by atoms with Crippen LogP contribution in [0.15, 0.2) is 77.5 Å². The molecule has 0 aliphatic carbocycles. The van der Waals surface area contributed by atoms with E-state index in [1.165, 1.54) is 5.56 Å². The minimum Gasteiger partial charge on any atom is -0.465 e. The maximum Gasteiger partial charge on any atom is 0.251 e. The lowest BCUT2D eigenvalue weighted by Gasteiger charge is -2.08. The van der Waals surface area contributed by atoms with E-state index in [2.05, 4.69) is 39.7 Å². The molecule has 0 bridgehead atoms. The molecule has 0 spiro atoms. The summed E-state index contributed by atoms with van der Waals surface area (Å²) in [6.45, 7) is 4.27. The molecule has 2 N–H and O–H groups in total. The number of benzene rings is 2. The van der Waals surface area contributed by atoms with Crippen molar-refractivity contribution in [2.45, 2.75) is 20.4 Å². The summed E-state index contributed by atoms with van der Waals surface area (Å²) in [5.74, 6) is 1.83. The highest BCUT2D eigenvalue weighted by Gasteiger charge is 2.08. The van der Waals surface area contributed by atoms with Crippen LogP contribution in [-0.2, 0) is 6.54 Å². The number of furan rings is 1. The molecule has 0 fully saturated rings. The third kappa shape index (κ3) is 4.72. The zero-order valence-corrected chi connectivity index (χ0v) is 16.8. The lowest BCUT2D eigenvalue weighted by molar-refractivity contribution is 0.0948. The summed E-state index contributed by atoms with van der Waals surface area (Å²) >= 11 is 0. The first-order valence-electron chi connectivity index (χ1n) is 9.66. The van der Waals surface area contributed by atoms with Crippen molar-refractivity contribution < 1.29 is 9.21 Å². The van der Waals surface area contributed by atoms with Gasteiger partial charge in [0, 0.05) is 29.2 Å². The van der Waals surface area contributed by atoms with Crippen molar-refractivity contribution >= 4 is 17.5 Å². The summed E-state index contributed by atoms with van der Waals surface area (Å²) in [4.78, 5) is 21.2. The standard InChI is InChI=1S/C24H22N4O2/c1-16-6-9-18(10-7-16)20-13-26-24(27-14-20)28-21-5-3-4-19(12-21)23(29)25-15-22-11-8-17(2)30-22/h3-14H,15H2,1-2H3,(H,25,29)(H,26,27,28). The molecule has 0 saturated heterocycles. The van der Waals surface area contributed by atoms with Crippen LogP contribution in [0.2, 0.25) is 0 Å². The Balaban J connectivity index is 1.41. The molecule has 0 saturated carbocycles. The molecule has 0 aliphatic heterocycles. The van der Waals surface area contributed by atoms with Crippen LogP contribution in [-0.4, -0.2) is 15.9 Å². The Morgan fingerprint density at radius 1 is 0.933 bits per heavy atom. The molecule has 2 aromatic heterocycles. The van der Waals surface area contributed by atoms with Crippen LogP contribution in [0.4, 0.5) is 11.6 Å². The Hall–Kier alpha value is -3.93. The first kappa shape index (κ1) is 19.4. The maximum absolute atomic E-state index is 12.4. The minimum absolute atomic E-state index is 0.177. The number of rotatable bonds is 6. The number of hydrogen-bond donors (Lipinski definition) is 2. The molecule has 150 valence electrons. The number of aryl methyl sites for hydroxylation is 2. The minimum atomic E-state index is -0.177. The number of nitrogens with one attached hydrogen (secondary N) is 2. The number of amides is 1. The van der Waals surface area contributed by atoms with Crippen molar-refractivity contribution in [3.05, 3.63) is 95.7 Å². The van der Waals surface area contributed by atoms with Gasteiger partial charge in [0.05, 0.1) is 6.54 Å². The van der Waals surface area contributed by atoms with Gasteiger partial charge in [-0.05, 0) is 49.7 Å². The van der Waals surface area contributed by atoms with Gasteiger partial charge in [-0.3, -0.25) is 4.79 Å². The van der Waals surface area contributed by atoms with E-state index in [-0.39, 0.29) is 5.91 Å². The number of carbonyl (C=O) groups excluding carboxylic acids is 1. The smallest absolute Gasteiger partial charge is 0.251 e. The van der Waals surface area contributed by atoms with Crippen molar-refractivity contribution in [3.8, 4) is 11.1 Å². The van der Waals surface area contributed by atoms with E-state index in [4.69, 9.17) is 4.42 Å². The molecule has 0 radical (unpaired) electrons. The fourth-order valence-electron chi connectivity index (χ4n) is 3.00. The lowest BCUT2D eigenvalue weighted by Crippen LogP contribution is -2.22. The van der Waals surface area contributed by atoms with E-state index >= 15 is 0 Å². The van der Waals surface area contributed by atoms with Crippen molar-refractivity contribution in [1.82, 2.24) is 15.3 Å². The highest BCUT2D eigenvalue weighted by molar-refractivity contribution is 5.95. The summed E-state index contributed by atoms with van der Waals surface area (Å²) in [6, 6.07) is 19.1. The quantitative estimate of drug-likeness (QED) is 0.476. The van der Waals surface area contributed by atoms with E-state index in [1.807, 2.05) is 43.3 Å². The van der Waals surface area contributed by atoms with Crippen LogP contribution < -0.4 is 10.6 Å². The van der Waals surface area contributed by atoms with Crippen LogP contribution >= 0.6 is 0 Å². The SMILES string of the molecule is Cc1ccc(-c2cnc(Nc3cccc(C(=O)NCc4ccc(C)o4)c3)nc2)cc1. The summed E-state index contributed by atoms with van der Waals surface area (Å²) < 4.78 is 5.48. The van der Waals surface area contributed by atoms with Gasteiger partial charge >= 0.3 is 0 Å². The van der Waals surface area contributed by atoms with Crippen LogP contribution in [0, 0.1) is 13.8 Å². The first-order valence-corrected chi connectivity index (χ1v) is 9.66. The number of aromatic nitrogens is 2. The van der Waals surface area contributed by atoms with Gasteiger partial charge in [-0.15, -0.1) is 0 Å². The highest BCUT2D eigenvalue weighted by Crippen LogP contribution is 2.20. The Labute approximate surface area is 175 Å². The Kier molecular flexibility index (Phi) is 5.57. The number of anilines is 2. The van der Waals surface area contributed by atoms with Gasteiger partial charge in [0.25, 0.3) is 5.91 Å². The third-order valence-corrected chi connectivity index (χ3v) is 4.64. The molecule has 0 aliphatic rings. The largest absolute Gasteiger partial charge is 0.465 e. The van der Waals surface area contributed by atoms with Gasteiger partial charge in [0.2, 0.25) is 5.95 Å². The number of carbonyl (C=O) groups is 1. The number of hydrogen-bond acceptors (Lipinski definition) is 5. The van der Waals surface area contributed by atoms with Gasteiger partial charge in [-0.25, -0.2) is 9.97 Å². The van der Waals surface area contributed by atoms with Crippen LogP contribution in [0.25, 0.3) is 11.1 Å². The molecule has 2 aromatic carbocycles. The predicted octanol–water partition coefficient (Wildman–Crippen LogP) is 5.03. The van der Waals surface area contributed by atoms with Gasteiger partial charge in [0.15, 0.2) is 0 Å². The summed E-state index contributed by atoms with van der Waals surface area (Å²) in [6.07, 6.45) is 3.56. The molecule has 4 rings (SSSR count). The van der Waals surface area contributed by atoms with Crippen LogP contribution in [0.1, 0.15) is 27.4 Å². The van der Waals surface area contributed by atoms with Crippen molar-refractivity contribution in [2.24, 2.45) is 0 Å². The van der Waals surface area contributed by atoms with Gasteiger partial charge in [-0.1, -0.05) is 35.9 Å². The lowest BCUT2D eigenvalue weighted by atomic mass is 10.1. The van der Waals surface area contributed by atoms with Crippen molar-refractivity contribution in [1.29, 1.82) is 0 Å². The Morgan fingerprint density at radius 2 is 1.70 bits per heavy atom. The van der Waals surface area contributed by atoms with E-state index in [0.29, 0.717) is 18.1 Å². The average molecular weight is 398 g/mol. The zero-order valence-electron chi connectivity index (χ0n) is 16.8. The molecular weight excluding hydrogens is 376 g/mol. The van der Waals surface area contributed by atoms with E-state index in [1.54, 1.807) is 24.5 Å². The van der Waals surface area contributed by atoms with E-state index in [0.717, 1.165) is 28.3 Å². The second kappa shape index (κ2) is 8.61. The Bertz CT molecular complexity index is 1150. The van der Waals surface area contributed by atoms with E-state index in [9.17, 15) is 4.79 Å². The molecular formula is C24H22N4O2. The molecule has 6 nitrogen and oxygen atoms in total. The van der Waals surface area contributed by atoms with Gasteiger partial charge < -0.3 is 15.1 Å². The van der Waals surface area contributed by atoms with Gasteiger partial charge in [-0.2, -0.15) is 0 Å². The second-order valence-electron chi connectivity index (χ2n) is 7.06. The highest BCUT2D eigenvalue weighted by atomic mass is 16.3. The van der Waals surface area contributed by atoms with Crippen LogP contribution in [0.3, 0.4) is 0 Å². The first-order chi connectivity index (χ1) is 14.6. The molecule has 0 unspecified atom stereocenters. The summed E-state index contributed by atoms with van der Waals surface area (Å²) in [7, 11) is 0. The fraction of sp³-hybridized carbons (Fsp3) is 0.125. The normalized spacial score (nSPS) is 10.6. The molecule has 1 amide bonds. The summed E-state index contributed by atoms with van der Waals surface area (Å²) in [5.41, 5.74) is 4.50. The predicted molar refractivity (Wildman–Crippen MR) is 117 cm³/mol. The van der Waals surface area contributed by atoms with Gasteiger partial charge in [0.1, 0.15) is 11.5 Å². The van der Waals surface area contributed by atoms with Crippen molar-refractivity contribution in [2.75, 3.05) is 5.32 Å². The zero-order chi connectivity index (χ0) is 20.9. The molecule has 30 heavy (non-hydrogen) atoms. The van der Waals surface area contributed by atoms with E-state index < -0.39 is 0 Å². The van der Waals surface area contributed by atoms with Crippen LogP contribution in [0.5, 0.6) is 0 Å². The number of nitrogens with zero attached hydrogens (tertiary/aromatic N) is 2. The maximum atomic E-state index is 12.4. The average Bonchev–Trinajstić information content (AvgIpc) is 3.18. The molecule has 6 heteroatoms. The third-order valence-electron chi connectivity index (χ3n) is 4.64.